The fourth-order valence-electron chi connectivity index (χ4n) is 5.28. The van der Waals surface area contributed by atoms with Gasteiger partial charge in [-0.2, -0.15) is 0 Å². The highest BCUT2D eigenvalue weighted by Gasteiger charge is 2.18. The molecule has 0 aliphatic heterocycles. The Kier molecular flexibility index (Phi) is 6.43. The second-order valence-electron chi connectivity index (χ2n) is 9.86. The summed E-state index contributed by atoms with van der Waals surface area (Å²) in [7, 11) is 0. The van der Waals surface area contributed by atoms with E-state index < -0.39 is 0 Å². The maximum absolute atomic E-state index is 8.10. The van der Waals surface area contributed by atoms with Gasteiger partial charge in [0.2, 0.25) is 0 Å². The van der Waals surface area contributed by atoms with Crippen molar-refractivity contribution in [3.63, 3.8) is 0 Å². The van der Waals surface area contributed by atoms with Gasteiger partial charge in [-0.05, 0) is 79.2 Å². The van der Waals surface area contributed by atoms with Gasteiger partial charge < -0.3 is 11.5 Å². The van der Waals surface area contributed by atoms with Gasteiger partial charge in [0.25, 0.3) is 0 Å². The number of hydrogen-bond acceptors (Lipinski definition) is 2. The molecule has 0 bridgehead atoms. The normalized spacial score (nSPS) is 10.9. The van der Waals surface area contributed by atoms with E-state index in [0.29, 0.717) is 11.1 Å². The Labute approximate surface area is 233 Å². The highest BCUT2D eigenvalue weighted by Crippen LogP contribution is 2.39. The second-order valence-corrected chi connectivity index (χ2v) is 9.86. The van der Waals surface area contributed by atoms with Gasteiger partial charge in [0, 0.05) is 11.1 Å². The summed E-state index contributed by atoms with van der Waals surface area (Å²) in [6.45, 7) is 0. The molecule has 40 heavy (non-hydrogen) atoms. The summed E-state index contributed by atoms with van der Waals surface area (Å²) in [5.74, 6) is 0.0216. The van der Waals surface area contributed by atoms with Crippen molar-refractivity contribution in [2.45, 2.75) is 0 Å². The predicted molar refractivity (Wildman–Crippen MR) is 168 cm³/mol. The Morgan fingerprint density at radius 2 is 0.700 bits per heavy atom. The largest absolute Gasteiger partial charge is 0.384 e. The molecule has 0 aliphatic rings. The third-order valence-electron chi connectivity index (χ3n) is 7.25. The summed E-state index contributed by atoms with van der Waals surface area (Å²) in [5.41, 5.74) is 19.1. The smallest absolute Gasteiger partial charge is 0.122 e. The molecule has 0 saturated carbocycles. The van der Waals surface area contributed by atoms with Crippen molar-refractivity contribution >= 4 is 44.4 Å². The summed E-state index contributed by atoms with van der Waals surface area (Å²) < 4.78 is 0. The molecule has 6 N–H and O–H groups in total. The minimum atomic E-state index is 0.0108. The highest BCUT2D eigenvalue weighted by atomic mass is 14.7. The van der Waals surface area contributed by atoms with Gasteiger partial charge in [-0.1, -0.05) is 109 Å². The van der Waals surface area contributed by atoms with Crippen LogP contribution in [0.5, 0.6) is 0 Å². The van der Waals surface area contributed by atoms with E-state index in [1.807, 2.05) is 60.7 Å². The number of fused-ring (bicyclic) bond motifs is 2. The zero-order valence-corrected chi connectivity index (χ0v) is 21.9. The van der Waals surface area contributed by atoms with Crippen molar-refractivity contribution in [2.75, 3.05) is 0 Å². The van der Waals surface area contributed by atoms with E-state index in [0.717, 1.165) is 44.2 Å². The van der Waals surface area contributed by atoms with Gasteiger partial charge in [0.15, 0.2) is 0 Å². The van der Waals surface area contributed by atoms with Crippen LogP contribution in [0.2, 0.25) is 0 Å². The maximum atomic E-state index is 8.10. The van der Waals surface area contributed by atoms with Gasteiger partial charge in [-0.15, -0.1) is 0 Å². The Bertz CT molecular complexity index is 1820. The first-order valence-electron chi connectivity index (χ1n) is 13.1. The van der Waals surface area contributed by atoms with E-state index in [2.05, 4.69) is 72.8 Å². The molecule has 6 aromatic carbocycles. The van der Waals surface area contributed by atoms with Gasteiger partial charge in [0.1, 0.15) is 11.7 Å². The SMILES string of the molecule is N=C(N)c1cccc(C(=C(c2ccc3ccccc3c2)c2ccc3ccccc3c2)c2cccc(C(=N)N)c2)c1. The van der Waals surface area contributed by atoms with Crippen LogP contribution in [0.15, 0.2) is 133 Å². The third-order valence-corrected chi connectivity index (χ3v) is 7.25. The van der Waals surface area contributed by atoms with Crippen LogP contribution in [0.1, 0.15) is 33.4 Å². The monoisotopic (exact) mass is 516 g/mol. The average molecular weight is 517 g/mol. The Hall–Kier alpha value is -5.48. The Balaban J connectivity index is 1.76. The predicted octanol–water partition coefficient (Wildman–Crippen LogP) is 7.57. The first-order valence-corrected chi connectivity index (χ1v) is 13.1. The third kappa shape index (κ3) is 4.74. The topological polar surface area (TPSA) is 99.7 Å². The first kappa shape index (κ1) is 24.8. The molecule has 4 heteroatoms. The number of nitrogen functional groups attached to an aromatic ring is 2. The van der Waals surface area contributed by atoms with Crippen molar-refractivity contribution in [3.8, 4) is 0 Å². The average Bonchev–Trinajstić information content (AvgIpc) is 2.99. The highest BCUT2D eigenvalue weighted by molar-refractivity contribution is 6.08. The molecule has 0 atom stereocenters. The second kappa shape index (κ2) is 10.4. The molecule has 0 saturated heterocycles. The molecule has 0 unspecified atom stereocenters. The minimum Gasteiger partial charge on any atom is -0.384 e. The Morgan fingerprint density at radius 1 is 0.350 bits per heavy atom. The zero-order valence-electron chi connectivity index (χ0n) is 21.9. The number of amidine groups is 2. The Morgan fingerprint density at radius 3 is 1.10 bits per heavy atom. The standard InChI is InChI=1S/C36H28N4/c37-35(38)31-13-5-11-27(21-31)33(28-12-6-14-32(22-28)36(39)40)34(29-17-15-23-7-1-3-9-25(23)19-29)30-18-16-24-8-2-4-10-26(24)20-30/h1-22H,(H3,37,38)(H3,39,40). The fourth-order valence-corrected chi connectivity index (χ4v) is 5.28. The lowest BCUT2D eigenvalue weighted by molar-refractivity contribution is 1.40. The van der Waals surface area contributed by atoms with Crippen LogP contribution in [0.3, 0.4) is 0 Å². The van der Waals surface area contributed by atoms with Crippen LogP contribution in [-0.2, 0) is 0 Å². The summed E-state index contributed by atoms with van der Waals surface area (Å²) >= 11 is 0. The number of rotatable bonds is 6. The van der Waals surface area contributed by atoms with Gasteiger partial charge in [0.05, 0.1) is 0 Å². The van der Waals surface area contributed by atoms with Crippen molar-refractivity contribution < 1.29 is 0 Å². The van der Waals surface area contributed by atoms with Gasteiger partial charge in [-0.25, -0.2) is 0 Å². The molecule has 0 aromatic heterocycles. The van der Waals surface area contributed by atoms with Crippen molar-refractivity contribution in [1.82, 2.24) is 0 Å². The first-order chi connectivity index (χ1) is 19.5. The van der Waals surface area contributed by atoms with E-state index in [4.69, 9.17) is 22.3 Å². The van der Waals surface area contributed by atoms with E-state index in [-0.39, 0.29) is 11.7 Å². The molecule has 0 heterocycles. The summed E-state index contributed by atoms with van der Waals surface area (Å²) in [6, 6.07) is 45.4. The number of benzene rings is 6. The zero-order chi connectivity index (χ0) is 27.6. The minimum absolute atomic E-state index is 0.0108. The molecule has 0 spiro atoms. The molecular formula is C36H28N4. The van der Waals surface area contributed by atoms with Crippen LogP contribution in [0.4, 0.5) is 0 Å². The lowest BCUT2D eigenvalue weighted by Crippen LogP contribution is -2.12. The van der Waals surface area contributed by atoms with Crippen LogP contribution in [0, 0.1) is 10.8 Å². The van der Waals surface area contributed by atoms with E-state index in [1.54, 1.807) is 0 Å². The number of hydrogen-bond donors (Lipinski definition) is 4. The molecular weight excluding hydrogens is 488 g/mol. The van der Waals surface area contributed by atoms with Crippen molar-refractivity contribution in [3.05, 3.63) is 167 Å². The van der Waals surface area contributed by atoms with E-state index in [1.165, 1.54) is 10.8 Å². The maximum Gasteiger partial charge on any atom is 0.122 e. The number of nitrogens with one attached hydrogen (secondary N) is 2. The number of nitrogens with two attached hydrogens (primary N) is 2. The van der Waals surface area contributed by atoms with Gasteiger partial charge in [-0.3, -0.25) is 10.8 Å². The van der Waals surface area contributed by atoms with E-state index >= 15 is 0 Å². The molecule has 6 aromatic rings. The molecule has 0 fully saturated rings. The molecule has 192 valence electrons. The summed E-state index contributed by atoms with van der Waals surface area (Å²) in [6.07, 6.45) is 0. The lowest BCUT2D eigenvalue weighted by atomic mass is 9.84. The van der Waals surface area contributed by atoms with Crippen LogP contribution in [0.25, 0.3) is 32.7 Å². The van der Waals surface area contributed by atoms with Crippen LogP contribution >= 0.6 is 0 Å². The lowest BCUT2D eigenvalue weighted by Gasteiger charge is -2.20. The molecule has 0 radical (unpaired) electrons. The summed E-state index contributed by atoms with van der Waals surface area (Å²) in [5, 5.41) is 20.8. The fraction of sp³-hybridized carbons (Fsp3) is 0. The molecule has 0 amide bonds. The summed E-state index contributed by atoms with van der Waals surface area (Å²) in [4.78, 5) is 0. The molecule has 4 nitrogen and oxygen atoms in total. The molecule has 0 aliphatic carbocycles. The quantitative estimate of drug-likeness (QED) is 0.104. The van der Waals surface area contributed by atoms with Crippen LogP contribution < -0.4 is 11.5 Å². The molecule has 6 rings (SSSR count). The van der Waals surface area contributed by atoms with E-state index in [9.17, 15) is 0 Å². The van der Waals surface area contributed by atoms with Crippen molar-refractivity contribution in [2.24, 2.45) is 11.5 Å². The van der Waals surface area contributed by atoms with Gasteiger partial charge >= 0.3 is 0 Å². The van der Waals surface area contributed by atoms with Crippen molar-refractivity contribution in [1.29, 1.82) is 10.8 Å². The van der Waals surface area contributed by atoms with Crippen LogP contribution in [-0.4, -0.2) is 11.7 Å².